The number of aliphatic hydroxyl groups excluding tert-OH is 1. The van der Waals surface area contributed by atoms with E-state index in [0.717, 1.165) is 111 Å². The first kappa shape index (κ1) is 49.8. The molecule has 4 saturated heterocycles. The number of hydrogen-bond acceptors (Lipinski definition) is 15. The Hall–Kier alpha value is -6.37. The lowest BCUT2D eigenvalue weighted by Gasteiger charge is -2.60. The average molecular weight is 1020 g/mol. The van der Waals surface area contributed by atoms with Crippen LogP contribution in [0.1, 0.15) is 89.8 Å². The number of thiazole rings is 1. The predicted molar refractivity (Wildman–Crippen MR) is 284 cm³/mol. The fraction of sp³-hybridized carbons (Fsp3) is 0.518. The molecule has 6 fully saturated rings. The number of para-hydroxylation sites is 1. The molecule has 5 aromatic rings. The highest BCUT2D eigenvalue weighted by molar-refractivity contribution is 7.13. The molecule has 18 heteroatoms. The number of carbonyl (C=O) groups is 3. The van der Waals surface area contributed by atoms with Crippen LogP contribution in [0.2, 0.25) is 0 Å². The topological polar surface area (TPSA) is 216 Å². The third-order valence-corrected chi connectivity index (χ3v) is 17.8. The van der Waals surface area contributed by atoms with Gasteiger partial charge in [-0.25, -0.2) is 9.97 Å². The number of hydrogen-bond donors (Lipinski definition) is 5. The summed E-state index contributed by atoms with van der Waals surface area (Å²) in [6.45, 7) is 11.6. The van der Waals surface area contributed by atoms with Crippen molar-refractivity contribution in [2.24, 2.45) is 16.7 Å². The molecule has 4 aliphatic heterocycles. The summed E-state index contributed by atoms with van der Waals surface area (Å²) in [7, 11) is 0. The SMILES string of the molecule is Cc1ncsc1-c1ccc(CNC(=O)[C@@H]2C[C@@H](O)CN2C(=O)[C@@H](NC(=O)C2CC3(C2)CC(N2CCC(Oc4cc(N5C6CCC5CN(c5cc(-c7ccccc7O)nnc5N)C6)ccn4)CC2)C3)C(C)(C)C)cc1. The van der Waals surface area contributed by atoms with Gasteiger partial charge in [0.25, 0.3) is 0 Å². The van der Waals surface area contributed by atoms with Crippen LogP contribution in [0.3, 0.4) is 0 Å². The van der Waals surface area contributed by atoms with Gasteiger partial charge in [-0.1, -0.05) is 57.2 Å². The highest BCUT2D eigenvalue weighted by Crippen LogP contribution is 2.60. The first-order valence-electron chi connectivity index (χ1n) is 26.5. The van der Waals surface area contributed by atoms with E-state index in [9.17, 15) is 24.6 Å². The normalized spacial score (nSPS) is 26.4. The molecule has 3 aromatic heterocycles. The summed E-state index contributed by atoms with van der Waals surface area (Å²) in [5.74, 6) is 0.276. The molecule has 17 nitrogen and oxygen atoms in total. The standard InChI is InChI=1S/C56H69N11O6S/c1-33-49(74-32-60-33)35-11-9-34(10-12-35)28-59-53(71)46-22-41(68)31-66(46)54(72)50(55(2,3)4)61-52(70)36-24-56(25-36)26-40(27-56)64-19-16-42(17-20-64)73-48-21-37(15-18-58-48)67-38-13-14-39(67)30-65(29-38)45-23-44(62-63-51(45)57)43-7-5-6-8-47(43)69/h5-12,15,18,21,23,32,36,38-42,46,50,68-69H,13-14,16-17,19-20,22,24-31H2,1-4H3,(H2,57,63)(H,59,71)(H,61,70)/t36?,38?,39?,40?,41-,46+,50-,56?/m1/s1. The lowest BCUT2D eigenvalue weighted by molar-refractivity contribution is -0.150. The Bertz CT molecular complexity index is 2860. The Kier molecular flexibility index (Phi) is 13.5. The fourth-order valence-electron chi connectivity index (χ4n) is 12.9. The minimum atomic E-state index is -0.847. The van der Waals surface area contributed by atoms with E-state index in [0.29, 0.717) is 29.0 Å². The summed E-state index contributed by atoms with van der Waals surface area (Å²) in [6, 6.07) is 20.6. The van der Waals surface area contributed by atoms with E-state index in [-0.39, 0.29) is 72.5 Å². The van der Waals surface area contributed by atoms with Crippen LogP contribution < -0.4 is 30.9 Å². The van der Waals surface area contributed by atoms with Crippen molar-refractivity contribution in [3.8, 4) is 33.3 Å². The first-order valence-corrected chi connectivity index (χ1v) is 27.3. The minimum Gasteiger partial charge on any atom is -0.507 e. The smallest absolute Gasteiger partial charge is 0.246 e. The predicted octanol–water partition coefficient (Wildman–Crippen LogP) is 6.33. The number of aromatic nitrogens is 4. The number of likely N-dealkylation sites (tertiary alicyclic amines) is 2. The average Bonchev–Trinajstić information content (AvgIpc) is 4.05. The van der Waals surface area contributed by atoms with Gasteiger partial charge >= 0.3 is 0 Å². The molecule has 6 aliphatic rings. The molecule has 1 spiro atoms. The van der Waals surface area contributed by atoms with Gasteiger partial charge in [0.2, 0.25) is 23.6 Å². The Morgan fingerprint density at radius 2 is 1.62 bits per heavy atom. The number of piperazine rings is 1. The first-order chi connectivity index (χ1) is 35.6. The van der Waals surface area contributed by atoms with E-state index in [4.69, 9.17) is 10.5 Å². The van der Waals surface area contributed by atoms with E-state index < -0.39 is 23.6 Å². The Balaban J connectivity index is 0.629. The van der Waals surface area contributed by atoms with Crippen molar-refractivity contribution in [3.05, 3.63) is 89.7 Å². The number of aromatic hydroxyl groups is 1. The van der Waals surface area contributed by atoms with E-state index in [1.807, 2.05) is 81.9 Å². The van der Waals surface area contributed by atoms with Crippen molar-refractivity contribution in [1.82, 2.24) is 40.6 Å². The number of anilines is 3. The third kappa shape index (κ3) is 9.99. The van der Waals surface area contributed by atoms with Gasteiger partial charge < -0.3 is 50.9 Å². The van der Waals surface area contributed by atoms with Crippen LogP contribution in [0.4, 0.5) is 17.2 Å². The number of carbonyl (C=O) groups excluding carboxylic acids is 3. The van der Waals surface area contributed by atoms with Gasteiger partial charge in [-0.15, -0.1) is 21.5 Å². The van der Waals surface area contributed by atoms with Gasteiger partial charge in [-0.05, 0) is 105 Å². The monoisotopic (exact) mass is 1020 g/mol. The van der Waals surface area contributed by atoms with Crippen molar-refractivity contribution >= 4 is 46.3 Å². The number of amides is 3. The highest BCUT2D eigenvalue weighted by atomic mass is 32.1. The molecule has 2 unspecified atom stereocenters. The molecule has 0 radical (unpaired) electrons. The Morgan fingerprint density at radius 1 is 0.892 bits per heavy atom. The van der Waals surface area contributed by atoms with Gasteiger partial charge in [0.05, 0.1) is 33.6 Å². The number of piperidine rings is 1. The van der Waals surface area contributed by atoms with Gasteiger partial charge in [0.15, 0.2) is 5.82 Å². The van der Waals surface area contributed by atoms with Gasteiger partial charge in [0.1, 0.15) is 23.9 Å². The second kappa shape index (κ2) is 20.1. The Morgan fingerprint density at radius 3 is 2.31 bits per heavy atom. The summed E-state index contributed by atoms with van der Waals surface area (Å²) in [6.07, 6.45) is 9.02. The molecule has 3 amide bonds. The number of benzene rings is 2. The number of β-amino-alcohol motifs (C(OH)–C–C–N with tert-alkyl or cyclic N) is 1. The quantitative estimate of drug-likeness (QED) is 0.0873. The molecule has 2 aliphatic carbocycles. The summed E-state index contributed by atoms with van der Waals surface area (Å²) in [4.78, 5) is 60.8. The number of ether oxygens (including phenoxy) is 1. The molecule has 2 bridgehead atoms. The molecule has 11 rings (SSSR count). The van der Waals surface area contributed by atoms with Crippen LogP contribution in [0.25, 0.3) is 21.7 Å². The summed E-state index contributed by atoms with van der Waals surface area (Å²) in [5.41, 5.74) is 13.9. The van der Waals surface area contributed by atoms with Crippen LogP contribution in [-0.2, 0) is 20.9 Å². The maximum atomic E-state index is 14.3. The van der Waals surface area contributed by atoms with Gasteiger partial charge in [-0.3, -0.25) is 14.4 Å². The molecular weight excluding hydrogens is 955 g/mol. The van der Waals surface area contributed by atoms with Crippen molar-refractivity contribution in [3.63, 3.8) is 0 Å². The number of aliphatic hydroxyl groups is 1. The minimum absolute atomic E-state index is 0.0400. The Labute approximate surface area is 436 Å². The largest absolute Gasteiger partial charge is 0.507 e. The second-order valence-corrected chi connectivity index (χ2v) is 23.8. The van der Waals surface area contributed by atoms with Crippen molar-refractivity contribution in [2.45, 2.75) is 134 Å². The van der Waals surface area contributed by atoms with Gasteiger partial charge in [0, 0.05) is 93.2 Å². The van der Waals surface area contributed by atoms with E-state index >= 15 is 0 Å². The third-order valence-electron chi connectivity index (χ3n) is 16.9. The molecule has 2 saturated carbocycles. The van der Waals surface area contributed by atoms with Gasteiger partial charge in [-0.2, -0.15) is 0 Å². The zero-order chi connectivity index (χ0) is 51.5. The maximum Gasteiger partial charge on any atom is 0.246 e. The molecule has 390 valence electrons. The lowest BCUT2D eigenvalue weighted by Crippen LogP contribution is -2.62. The molecule has 5 atom stereocenters. The maximum absolute atomic E-state index is 14.3. The van der Waals surface area contributed by atoms with Crippen LogP contribution in [-0.4, -0.2) is 133 Å². The number of nitrogens with one attached hydrogen (secondary N) is 2. The molecule has 74 heavy (non-hydrogen) atoms. The number of nitrogens with zero attached hydrogens (tertiary/aromatic N) is 8. The fourth-order valence-corrected chi connectivity index (χ4v) is 13.7. The number of nitrogen functional groups attached to an aromatic ring is 1. The van der Waals surface area contributed by atoms with E-state index in [1.54, 1.807) is 23.5 Å². The zero-order valence-electron chi connectivity index (χ0n) is 42.8. The molecule has 2 aromatic carbocycles. The lowest BCUT2D eigenvalue weighted by atomic mass is 9.49. The summed E-state index contributed by atoms with van der Waals surface area (Å²) < 4.78 is 6.58. The van der Waals surface area contributed by atoms with Crippen LogP contribution in [0.15, 0.2) is 78.4 Å². The van der Waals surface area contributed by atoms with Crippen LogP contribution >= 0.6 is 11.3 Å². The van der Waals surface area contributed by atoms with Crippen molar-refractivity contribution < 1.29 is 29.3 Å². The number of phenolic OH excluding ortho intramolecular Hbond substituents is 1. The van der Waals surface area contributed by atoms with Crippen molar-refractivity contribution in [1.29, 1.82) is 0 Å². The second-order valence-electron chi connectivity index (χ2n) is 23.0. The van der Waals surface area contributed by atoms with E-state index in [1.165, 1.54) is 4.90 Å². The number of nitrogens with two attached hydrogens (primary N) is 1. The zero-order valence-corrected chi connectivity index (χ0v) is 43.6. The summed E-state index contributed by atoms with van der Waals surface area (Å²) in [5, 5.41) is 35.9. The van der Waals surface area contributed by atoms with Crippen LogP contribution in [0, 0.1) is 23.7 Å². The number of aryl methyl sites for hydroxylation is 1. The van der Waals surface area contributed by atoms with E-state index in [2.05, 4.69) is 57.6 Å². The highest BCUT2D eigenvalue weighted by Gasteiger charge is 2.57. The van der Waals surface area contributed by atoms with Crippen LogP contribution in [0.5, 0.6) is 11.6 Å². The molecule has 7 heterocycles. The summed E-state index contributed by atoms with van der Waals surface area (Å²) >= 11 is 1.59. The molecular formula is C56H69N11O6S. The number of fused-ring (bicyclic) bond motifs is 2. The van der Waals surface area contributed by atoms with Crippen molar-refractivity contribution in [2.75, 3.05) is 48.3 Å². The number of rotatable bonds is 13. The number of phenols is 1. The number of pyridine rings is 1. The molecule has 6 N–H and O–H groups in total.